The van der Waals surface area contributed by atoms with Gasteiger partial charge in [0.1, 0.15) is 5.82 Å². The standard InChI is InChI=1S/C21H26FN5O5/c1-10(24-21(29)30)17(11-4-5-11)26-20-14(22)9-13(18(23)28)19(27-20)25-12-6-7-15(31-2)16(8-12)32-3/h6-11,17,24H,4-5H2,1-3H3,(H2,23,28)(H,29,30)(H2,25,26,27)/t10-,17-/m0/s1. The van der Waals surface area contributed by atoms with E-state index in [-0.39, 0.29) is 29.2 Å². The summed E-state index contributed by atoms with van der Waals surface area (Å²) in [4.78, 5) is 27.2. The second-order valence-electron chi connectivity index (χ2n) is 7.52. The SMILES string of the molecule is COc1ccc(Nc2nc(N[C@H](C3CC3)[C@H](C)NC(=O)O)c(F)cc2C(N)=O)cc1OC. The lowest BCUT2D eigenvalue weighted by Crippen LogP contribution is -2.45. The highest BCUT2D eigenvalue weighted by Crippen LogP contribution is 2.37. The lowest BCUT2D eigenvalue weighted by molar-refractivity contribution is 0.1000. The number of nitrogens with two attached hydrogens (primary N) is 1. The summed E-state index contributed by atoms with van der Waals surface area (Å²) in [6.07, 6.45) is 0.612. The first-order valence-corrected chi connectivity index (χ1v) is 9.98. The molecule has 3 rings (SSSR count). The fourth-order valence-corrected chi connectivity index (χ4v) is 3.47. The van der Waals surface area contributed by atoms with Crippen LogP contribution in [-0.4, -0.2) is 48.4 Å². The third-order valence-corrected chi connectivity index (χ3v) is 5.21. The number of hydrogen-bond donors (Lipinski definition) is 5. The highest BCUT2D eigenvalue weighted by Gasteiger charge is 2.36. The Bertz CT molecular complexity index is 1010. The number of aromatic nitrogens is 1. The minimum absolute atomic E-state index is 0.0435. The molecule has 0 spiro atoms. The van der Waals surface area contributed by atoms with E-state index in [1.165, 1.54) is 14.2 Å². The molecule has 32 heavy (non-hydrogen) atoms. The van der Waals surface area contributed by atoms with Crippen molar-refractivity contribution in [1.29, 1.82) is 0 Å². The molecule has 0 radical (unpaired) electrons. The zero-order valence-corrected chi connectivity index (χ0v) is 17.9. The van der Waals surface area contributed by atoms with E-state index in [0.717, 1.165) is 18.9 Å². The molecule has 172 valence electrons. The van der Waals surface area contributed by atoms with Gasteiger partial charge in [-0.1, -0.05) is 0 Å². The molecule has 6 N–H and O–H groups in total. The summed E-state index contributed by atoms with van der Waals surface area (Å²) in [5.41, 5.74) is 5.80. The average molecular weight is 447 g/mol. The molecule has 1 aliphatic rings. The van der Waals surface area contributed by atoms with Gasteiger partial charge in [-0.15, -0.1) is 0 Å². The number of halogens is 1. The normalized spacial score (nSPS) is 14.8. The number of nitrogens with one attached hydrogen (secondary N) is 3. The van der Waals surface area contributed by atoms with E-state index in [9.17, 15) is 14.0 Å². The quantitative estimate of drug-likeness (QED) is 0.373. The van der Waals surface area contributed by atoms with Crippen molar-refractivity contribution in [2.24, 2.45) is 11.7 Å². The lowest BCUT2D eigenvalue weighted by atomic mass is 10.0. The first-order chi connectivity index (χ1) is 15.2. The minimum atomic E-state index is -1.17. The predicted octanol–water partition coefficient (Wildman–Crippen LogP) is 2.93. The van der Waals surface area contributed by atoms with Crippen molar-refractivity contribution in [2.75, 3.05) is 24.9 Å². The molecule has 0 bridgehead atoms. The van der Waals surface area contributed by atoms with Crippen molar-refractivity contribution < 1.29 is 28.6 Å². The van der Waals surface area contributed by atoms with Crippen LogP contribution in [0.1, 0.15) is 30.1 Å². The molecule has 1 saturated carbocycles. The topological polar surface area (TPSA) is 148 Å². The number of hydrogen-bond acceptors (Lipinski definition) is 7. The molecule has 2 atom stereocenters. The van der Waals surface area contributed by atoms with Gasteiger partial charge in [0.2, 0.25) is 0 Å². The maximum Gasteiger partial charge on any atom is 0.404 e. The van der Waals surface area contributed by atoms with E-state index in [2.05, 4.69) is 20.9 Å². The molecule has 2 aromatic rings. The number of methoxy groups -OCH3 is 2. The molecule has 0 unspecified atom stereocenters. The number of carbonyl (C=O) groups excluding carboxylic acids is 1. The number of rotatable bonds is 10. The summed E-state index contributed by atoms with van der Waals surface area (Å²) in [5.74, 6) is -0.571. The van der Waals surface area contributed by atoms with Gasteiger partial charge in [-0.05, 0) is 43.9 Å². The second kappa shape index (κ2) is 9.58. The van der Waals surface area contributed by atoms with Gasteiger partial charge in [0, 0.05) is 17.8 Å². The van der Waals surface area contributed by atoms with E-state index in [0.29, 0.717) is 17.2 Å². The molecule has 0 saturated heterocycles. The zero-order chi connectivity index (χ0) is 23.4. The van der Waals surface area contributed by atoms with E-state index in [1.54, 1.807) is 25.1 Å². The fourth-order valence-electron chi connectivity index (χ4n) is 3.47. The number of amides is 2. The number of benzene rings is 1. The Kier molecular flexibility index (Phi) is 6.86. The van der Waals surface area contributed by atoms with Gasteiger partial charge in [-0.25, -0.2) is 14.2 Å². The summed E-state index contributed by atoms with van der Waals surface area (Å²) in [7, 11) is 2.99. The molecule has 0 aliphatic heterocycles. The Morgan fingerprint density at radius 2 is 1.88 bits per heavy atom. The van der Waals surface area contributed by atoms with Gasteiger partial charge in [0.15, 0.2) is 23.1 Å². The summed E-state index contributed by atoms with van der Waals surface area (Å²) in [6.45, 7) is 1.70. The molecular formula is C21H26FN5O5. The van der Waals surface area contributed by atoms with Crippen molar-refractivity contribution in [3.8, 4) is 11.5 Å². The van der Waals surface area contributed by atoms with Crippen LogP contribution in [0, 0.1) is 11.7 Å². The number of pyridine rings is 1. The third kappa shape index (κ3) is 5.29. The van der Waals surface area contributed by atoms with Crippen molar-refractivity contribution in [2.45, 2.75) is 31.8 Å². The van der Waals surface area contributed by atoms with Crippen molar-refractivity contribution in [3.63, 3.8) is 0 Å². The number of anilines is 3. The molecule has 1 aromatic heterocycles. The van der Waals surface area contributed by atoms with Crippen LogP contribution in [0.4, 0.5) is 26.5 Å². The van der Waals surface area contributed by atoms with Crippen LogP contribution in [0.15, 0.2) is 24.3 Å². The van der Waals surface area contributed by atoms with Crippen LogP contribution < -0.4 is 31.2 Å². The maximum absolute atomic E-state index is 14.8. The highest BCUT2D eigenvalue weighted by atomic mass is 19.1. The summed E-state index contributed by atoms with van der Waals surface area (Å²) >= 11 is 0. The van der Waals surface area contributed by atoms with Gasteiger partial charge in [0.05, 0.1) is 25.8 Å². The third-order valence-electron chi connectivity index (χ3n) is 5.21. The number of ether oxygens (including phenoxy) is 2. The van der Waals surface area contributed by atoms with Crippen molar-refractivity contribution in [3.05, 3.63) is 35.6 Å². The van der Waals surface area contributed by atoms with Crippen LogP contribution in [0.3, 0.4) is 0 Å². The molecule has 2 amide bonds. The van der Waals surface area contributed by atoms with E-state index < -0.39 is 23.9 Å². The van der Waals surface area contributed by atoms with Crippen LogP contribution in [0.5, 0.6) is 11.5 Å². The van der Waals surface area contributed by atoms with E-state index in [1.807, 2.05) is 0 Å². The molecule has 1 aliphatic carbocycles. The Labute approximate surface area is 184 Å². The van der Waals surface area contributed by atoms with Gasteiger partial charge in [0.25, 0.3) is 5.91 Å². The predicted molar refractivity (Wildman–Crippen MR) is 116 cm³/mol. The molecule has 1 heterocycles. The highest BCUT2D eigenvalue weighted by molar-refractivity contribution is 5.98. The molecule has 10 nitrogen and oxygen atoms in total. The Hall–Kier alpha value is -3.76. The first-order valence-electron chi connectivity index (χ1n) is 9.98. The Morgan fingerprint density at radius 1 is 1.19 bits per heavy atom. The van der Waals surface area contributed by atoms with Gasteiger partial charge in [-0.3, -0.25) is 4.79 Å². The zero-order valence-electron chi connectivity index (χ0n) is 17.9. The number of carboxylic acid groups (broad SMARTS) is 1. The largest absolute Gasteiger partial charge is 0.493 e. The summed E-state index contributed by atoms with van der Waals surface area (Å²) < 4.78 is 25.3. The fraction of sp³-hybridized carbons (Fsp3) is 0.381. The monoisotopic (exact) mass is 447 g/mol. The van der Waals surface area contributed by atoms with Crippen LogP contribution in [0.25, 0.3) is 0 Å². The Morgan fingerprint density at radius 3 is 2.44 bits per heavy atom. The minimum Gasteiger partial charge on any atom is -0.493 e. The molecular weight excluding hydrogens is 421 g/mol. The van der Waals surface area contributed by atoms with E-state index in [4.69, 9.17) is 20.3 Å². The van der Waals surface area contributed by atoms with Crippen molar-refractivity contribution in [1.82, 2.24) is 10.3 Å². The van der Waals surface area contributed by atoms with Crippen LogP contribution >= 0.6 is 0 Å². The number of primary amides is 1. The number of carbonyl (C=O) groups is 2. The summed E-state index contributed by atoms with van der Waals surface area (Å²) in [6, 6.07) is 5.11. The van der Waals surface area contributed by atoms with Crippen LogP contribution in [0.2, 0.25) is 0 Å². The van der Waals surface area contributed by atoms with Gasteiger partial charge in [-0.2, -0.15) is 0 Å². The molecule has 1 aromatic carbocycles. The maximum atomic E-state index is 14.8. The number of nitrogens with zero attached hydrogens (tertiary/aromatic N) is 1. The van der Waals surface area contributed by atoms with Gasteiger partial charge >= 0.3 is 6.09 Å². The Balaban J connectivity index is 1.93. The van der Waals surface area contributed by atoms with E-state index >= 15 is 0 Å². The second-order valence-corrected chi connectivity index (χ2v) is 7.52. The summed E-state index contributed by atoms with van der Waals surface area (Å²) in [5, 5.41) is 17.4. The lowest BCUT2D eigenvalue weighted by Gasteiger charge is -2.26. The van der Waals surface area contributed by atoms with Crippen LogP contribution in [-0.2, 0) is 0 Å². The smallest absolute Gasteiger partial charge is 0.404 e. The first kappa shape index (κ1) is 22.9. The molecule has 1 fully saturated rings. The van der Waals surface area contributed by atoms with Gasteiger partial charge < -0.3 is 36.3 Å². The molecule has 11 heteroatoms. The van der Waals surface area contributed by atoms with Crippen molar-refractivity contribution >= 4 is 29.3 Å². The average Bonchev–Trinajstić information content (AvgIpc) is 3.57.